The van der Waals surface area contributed by atoms with Crippen molar-refractivity contribution in [3.05, 3.63) is 42.0 Å². The number of pyridine rings is 1. The maximum absolute atomic E-state index is 12.0. The molecule has 1 saturated heterocycles. The quantitative estimate of drug-likeness (QED) is 0.679. The van der Waals surface area contributed by atoms with Gasteiger partial charge in [-0.05, 0) is 24.8 Å². The maximum atomic E-state index is 12.0. The Hall–Kier alpha value is -3.00. The summed E-state index contributed by atoms with van der Waals surface area (Å²) in [6, 6.07) is 1.81. The summed E-state index contributed by atoms with van der Waals surface area (Å²) in [5.74, 6) is 0.949. The number of aromatic nitrogens is 4. The Labute approximate surface area is 181 Å². The molecule has 0 radical (unpaired) electrons. The first-order chi connectivity index (χ1) is 15.2. The predicted octanol–water partition coefficient (Wildman–Crippen LogP) is 3.37. The van der Waals surface area contributed by atoms with Crippen LogP contribution in [0.25, 0.3) is 16.8 Å². The molecule has 2 aliphatic rings. The first-order valence-electron chi connectivity index (χ1n) is 11.0. The summed E-state index contributed by atoms with van der Waals surface area (Å²) in [6.07, 6.45) is 14.1. The third-order valence-corrected chi connectivity index (χ3v) is 6.23. The summed E-state index contributed by atoms with van der Waals surface area (Å²) in [7, 11) is 1.61. The molecule has 0 spiro atoms. The van der Waals surface area contributed by atoms with Gasteiger partial charge in [-0.2, -0.15) is 10.1 Å². The minimum Gasteiger partial charge on any atom is -0.472 e. The molecule has 1 unspecified atom stereocenters. The second-order valence-electron chi connectivity index (χ2n) is 8.31. The van der Waals surface area contributed by atoms with Gasteiger partial charge >= 0.3 is 0 Å². The fourth-order valence-electron chi connectivity index (χ4n) is 4.52. The second-order valence-corrected chi connectivity index (χ2v) is 8.31. The van der Waals surface area contributed by atoms with Crippen LogP contribution in [0.15, 0.2) is 30.9 Å². The van der Waals surface area contributed by atoms with Crippen molar-refractivity contribution in [2.45, 2.75) is 50.5 Å². The molecule has 8 heteroatoms. The average molecular weight is 422 g/mol. The van der Waals surface area contributed by atoms with E-state index in [2.05, 4.69) is 21.6 Å². The van der Waals surface area contributed by atoms with Crippen molar-refractivity contribution in [1.82, 2.24) is 24.9 Å². The molecule has 1 aliphatic carbocycles. The molecule has 0 aromatic carbocycles. The molecule has 3 aromatic rings. The first kappa shape index (κ1) is 19.9. The molecular formula is C23H27N5O3. The molecule has 31 heavy (non-hydrogen) atoms. The number of fused-ring (bicyclic) bond motifs is 1. The van der Waals surface area contributed by atoms with E-state index in [0.29, 0.717) is 29.6 Å². The highest BCUT2D eigenvalue weighted by molar-refractivity contribution is 5.95. The molecule has 162 valence electrons. The molecule has 4 heterocycles. The molecule has 3 aromatic heterocycles. The Morgan fingerprint density at radius 2 is 2.06 bits per heavy atom. The standard InChI is InChI=1S/C23H27N5O3/c1-24-22(29)17-9-16(10-25-11-17)19-12-26-28-13-20(15-5-3-2-4-6-15)23(27-21(19)28)31-18-7-8-30-14-18/h9-13,15,18H,2-8,14H2,1H3,(H,24,29). The Morgan fingerprint density at radius 3 is 2.84 bits per heavy atom. The summed E-state index contributed by atoms with van der Waals surface area (Å²) >= 11 is 0. The van der Waals surface area contributed by atoms with Gasteiger partial charge in [0.15, 0.2) is 5.65 Å². The number of amides is 1. The van der Waals surface area contributed by atoms with E-state index in [1.807, 2.05) is 10.6 Å². The van der Waals surface area contributed by atoms with Crippen LogP contribution in [0, 0.1) is 0 Å². The predicted molar refractivity (Wildman–Crippen MR) is 115 cm³/mol. The van der Waals surface area contributed by atoms with E-state index in [4.69, 9.17) is 14.5 Å². The molecule has 1 atom stereocenters. The molecule has 1 N–H and O–H groups in total. The number of hydrogen-bond donors (Lipinski definition) is 1. The summed E-state index contributed by atoms with van der Waals surface area (Å²) in [4.78, 5) is 21.2. The largest absolute Gasteiger partial charge is 0.472 e. The zero-order valence-corrected chi connectivity index (χ0v) is 17.7. The molecule has 0 bridgehead atoms. The second kappa shape index (κ2) is 8.63. The van der Waals surface area contributed by atoms with Gasteiger partial charge in [-0.15, -0.1) is 0 Å². The lowest BCUT2D eigenvalue weighted by atomic mass is 9.85. The molecule has 1 aliphatic heterocycles. The molecular weight excluding hydrogens is 394 g/mol. The molecule has 2 fully saturated rings. The zero-order chi connectivity index (χ0) is 21.2. The lowest BCUT2D eigenvalue weighted by molar-refractivity contribution is 0.0962. The Kier molecular flexibility index (Phi) is 5.55. The van der Waals surface area contributed by atoms with Gasteiger partial charge in [0.2, 0.25) is 5.88 Å². The van der Waals surface area contributed by atoms with Crippen LogP contribution < -0.4 is 10.1 Å². The summed E-state index contributed by atoms with van der Waals surface area (Å²) < 4.78 is 13.7. The normalized spacial score (nSPS) is 19.6. The lowest BCUT2D eigenvalue weighted by Crippen LogP contribution is -2.19. The fourth-order valence-corrected chi connectivity index (χ4v) is 4.52. The van der Waals surface area contributed by atoms with Crippen LogP contribution >= 0.6 is 0 Å². The van der Waals surface area contributed by atoms with Crippen LogP contribution in [0.2, 0.25) is 0 Å². The van der Waals surface area contributed by atoms with Gasteiger partial charge in [0, 0.05) is 48.7 Å². The molecule has 1 amide bonds. The van der Waals surface area contributed by atoms with E-state index in [-0.39, 0.29) is 12.0 Å². The number of nitrogens with zero attached hydrogens (tertiary/aromatic N) is 4. The topological polar surface area (TPSA) is 90.6 Å². The summed E-state index contributed by atoms with van der Waals surface area (Å²) in [6.45, 7) is 1.32. The van der Waals surface area contributed by atoms with Crippen molar-refractivity contribution in [3.63, 3.8) is 0 Å². The third-order valence-electron chi connectivity index (χ3n) is 6.23. The lowest BCUT2D eigenvalue weighted by Gasteiger charge is -2.24. The number of nitrogens with one attached hydrogen (secondary N) is 1. The van der Waals surface area contributed by atoms with Crippen LogP contribution in [-0.4, -0.2) is 51.9 Å². The van der Waals surface area contributed by atoms with E-state index in [9.17, 15) is 4.79 Å². The fraction of sp³-hybridized carbons (Fsp3) is 0.478. The number of carbonyl (C=O) groups is 1. The van der Waals surface area contributed by atoms with Crippen molar-refractivity contribution in [2.24, 2.45) is 0 Å². The van der Waals surface area contributed by atoms with Gasteiger partial charge in [0.25, 0.3) is 5.91 Å². The number of hydrogen-bond acceptors (Lipinski definition) is 6. The highest BCUT2D eigenvalue weighted by atomic mass is 16.5. The van der Waals surface area contributed by atoms with E-state index in [1.165, 1.54) is 19.3 Å². The number of ether oxygens (including phenoxy) is 2. The van der Waals surface area contributed by atoms with E-state index >= 15 is 0 Å². The van der Waals surface area contributed by atoms with Crippen molar-refractivity contribution in [1.29, 1.82) is 0 Å². The average Bonchev–Trinajstić information content (AvgIpc) is 3.48. The van der Waals surface area contributed by atoms with Gasteiger partial charge in [0.05, 0.1) is 25.0 Å². The molecule has 1 saturated carbocycles. The van der Waals surface area contributed by atoms with E-state index < -0.39 is 0 Å². The summed E-state index contributed by atoms with van der Waals surface area (Å²) in [5, 5.41) is 7.20. The molecule has 5 rings (SSSR count). The van der Waals surface area contributed by atoms with Gasteiger partial charge < -0.3 is 14.8 Å². The van der Waals surface area contributed by atoms with Gasteiger partial charge in [-0.25, -0.2) is 4.52 Å². The SMILES string of the molecule is CNC(=O)c1cncc(-c2cnn3cc(C4CCCCC4)c(OC4CCOC4)nc23)c1. The van der Waals surface area contributed by atoms with Crippen LogP contribution in [0.1, 0.15) is 60.4 Å². The van der Waals surface area contributed by atoms with Crippen molar-refractivity contribution >= 4 is 11.6 Å². The van der Waals surface area contributed by atoms with E-state index in [0.717, 1.165) is 42.6 Å². The van der Waals surface area contributed by atoms with Gasteiger partial charge in [-0.1, -0.05) is 19.3 Å². The van der Waals surface area contributed by atoms with Crippen molar-refractivity contribution in [2.75, 3.05) is 20.3 Å². The van der Waals surface area contributed by atoms with Crippen LogP contribution in [0.4, 0.5) is 0 Å². The van der Waals surface area contributed by atoms with Gasteiger partial charge in [-0.3, -0.25) is 9.78 Å². The Morgan fingerprint density at radius 1 is 1.19 bits per heavy atom. The third kappa shape index (κ3) is 3.99. The van der Waals surface area contributed by atoms with Crippen LogP contribution in [0.3, 0.4) is 0 Å². The zero-order valence-electron chi connectivity index (χ0n) is 17.7. The Bertz CT molecular complexity index is 1080. The van der Waals surface area contributed by atoms with Gasteiger partial charge in [0.1, 0.15) is 6.10 Å². The Balaban J connectivity index is 1.58. The minimum absolute atomic E-state index is 0.0295. The van der Waals surface area contributed by atoms with Crippen molar-refractivity contribution in [3.8, 4) is 17.0 Å². The van der Waals surface area contributed by atoms with Crippen molar-refractivity contribution < 1.29 is 14.3 Å². The maximum Gasteiger partial charge on any atom is 0.252 e. The van der Waals surface area contributed by atoms with E-state index in [1.54, 1.807) is 25.6 Å². The highest BCUT2D eigenvalue weighted by Gasteiger charge is 2.26. The first-order valence-corrected chi connectivity index (χ1v) is 11.0. The molecule has 8 nitrogen and oxygen atoms in total. The number of rotatable bonds is 5. The van der Waals surface area contributed by atoms with Crippen LogP contribution in [-0.2, 0) is 4.74 Å². The highest BCUT2D eigenvalue weighted by Crippen LogP contribution is 2.38. The summed E-state index contributed by atoms with van der Waals surface area (Å²) in [5.41, 5.74) is 3.94. The van der Waals surface area contributed by atoms with Crippen LogP contribution in [0.5, 0.6) is 5.88 Å². The number of carbonyl (C=O) groups excluding carboxylic acids is 1. The minimum atomic E-state index is -0.177. The smallest absolute Gasteiger partial charge is 0.252 e. The monoisotopic (exact) mass is 421 g/mol.